The van der Waals surface area contributed by atoms with Crippen molar-refractivity contribution < 1.29 is 4.74 Å². The molecule has 1 aromatic heterocycles. The van der Waals surface area contributed by atoms with Gasteiger partial charge in [0.25, 0.3) is 0 Å². The first-order valence-corrected chi connectivity index (χ1v) is 7.42. The van der Waals surface area contributed by atoms with Crippen LogP contribution in [0, 0.1) is 19.8 Å². The van der Waals surface area contributed by atoms with E-state index in [1.807, 2.05) is 13.8 Å². The van der Waals surface area contributed by atoms with Gasteiger partial charge in [-0.15, -0.1) is 0 Å². The van der Waals surface area contributed by atoms with E-state index in [2.05, 4.69) is 19.7 Å². The van der Waals surface area contributed by atoms with Crippen LogP contribution in [0.1, 0.15) is 30.9 Å². The second-order valence-electron chi connectivity index (χ2n) is 5.91. The molecular formula is C14H24N4O. The average molecular weight is 264 g/mol. The van der Waals surface area contributed by atoms with Gasteiger partial charge in [-0.05, 0) is 45.6 Å². The maximum atomic E-state index is 5.52. The molecular weight excluding hydrogens is 240 g/mol. The third-order valence-corrected chi connectivity index (χ3v) is 4.37. The molecule has 0 N–H and O–H groups in total. The Morgan fingerprint density at radius 2 is 2.21 bits per heavy atom. The molecule has 2 aliphatic heterocycles. The van der Waals surface area contributed by atoms with Gasteiger partial charge in [0.15, 0.2) is 0 Å². The Labute approximate surface area is 114 Å². The lowest BCUT2D eigenvalue weighted by Gasteiger charge is -2.36. The fraction of sp³-hybridized carbons (Fsp3) is 0.857. The maximum absolute atomic E-state index is 5.52. The van der Waals surface area contributed by atoms with E-state index in [9.17, 15) is 0 Å². The first kappa shape index (κ1) is 13.1. The number of piperidine rings is 1. The van der Waals surface area contributed by atoms with E-state index < -0.39 is 0 Å². The van der Waals surface area contributed by atoms with Crippen molar-refractivity contribution in [1.82, 2.24) is 19.7 Å². The Morgan fingerprint density at radius 3 is 2.89 bits per heavy atom. The van der Waals surface area contributed by atoms with E-state index in [0.29, 0.717) is 12.0 Å². The number of nitrogens with zero attached hydrogens (tertiary/aromatic N) is 4. The minimum absolute atomic E-state index is 0.654. The van der Waals surface area contributed by atoms with E-state index in [1.165, 1.54) is 32.4 Å². The zero-order valence-electron chi connectivity index (χ0n) is 12.0. The summed E-state index contributed by atoms with van der Waals surface area (Å²) in [7, 11) is 0. The van der Waals surface area contributed by atoms with Crippen molar-refractivity contribution in [2.75, 3.05) is 26.3 Å². The second-order valence-corrected chi connectivity index (χ2v) is 5.91. The van der Waals surface area contributed by atoms with Gasteiger partial charge < -0.3 is 4.74 Å². The molecule has 0 spiro atoms. The standard InChI is InChI=1S/C14H24N4O/c1-11-15-12(2)18(16-11)9-13-4-3-6-17(8-13)14-5-7-19-10-14/h13-14H,3-10H2,1-2H3/t13-,14-/m0/s1. The third-order valence-electron chi connectivity index (χ3n) is 4.37. The lowest BCUT2D eigenvalue weighted by atomic mass is 9.96. The minimum Gasteiger partial charge on any atom is -0.380 e. The molecule has 19 heavy (non-hydrogen) atoms. The van der Waals surface area contributed by atoms with Crippen LogP contribution in [0.4, 0.5) is 0 Å². The molecule has 2 aliphatic rings. The molecule has 0 radical (unpaired) electrons. The molecule has 0 saturated carbocycles. The Bertz CT molecular complexity index is 425. The van der Waals surface area contributed by atoms with Crippen molar-refractivity contribution in [3.05, 3.63) is 11.6 Å². The molecule has 2 saturated heterocycles. The van der Waals surface area contributed by atoms with Crippen LogP contribution in [0.25, 0.3) is 0 Å². The lowest BCUT2D eigenvalue weighted by molar-refractivity contribution is 0.0961. The quantitative estimate of drug-likeness (QED) is 0.827. The first-order valence-electron chi connectivity index (χ1n) is 7.42. The van der Waals surface area contributed by atoms with Crippen molar-refractivity contribution in [2.24, 2.45) is 5.92 Å². The number of hydrogen-bond donors (Lipinski definition) is 0. The van der Waals surface area contributed by atoms with Crippen LogP contribution >= 0.6 is 0 Å². The third kappa shape index (κ3) is 2.98. The molecule has 0 aromatic carbocycles. The van der Waals surface area contributed by atoms with Gasteiger partial charge in [0.2, 0.25) is 0 Å². The van der Waals surface area contributed by atoms with Crippen LogP contribution in [-0.4, -0.2) is 52.0 Å². The van der Waals surface area contributed by atoms with E-state index in [4.69, 9.17) is 4.74 Å². The summed E-state index contributed by atoms with van der Waals surface area (Å²) >= 11 is 0. The van der Waals surface area contributed by atoms with Crippen LogP contribution in [0.5, 0.6) is 0 Å². The van der Waals surface area contributed by atoms with Gasteiger partial charge in [-0.3, -0.25) is 4.90 Å². The highest BCUT2D eigenvalue weighted by atomic mass is 16.5. The monoisotopic (exact) mass is 264 g/mol. The summed E-state index contributed by atoms with van der Waals surface area (Å²) < 4.78 is 7.60. The first-order chi connectivity index (χ1) is 9.22. The highest BCUT2D eigenvalue weighted by molar-refractivity contribution is 4.89. The Morgan fingerprint density at radius 1 is 1.32 bits per heavy atom. The fourth-order valence-corrected chi connectivity index (χ4v) is 3.37. The van der Waals surface area contributed by atoms with Crippen molar-refractivity contribution in [2.45, 2.75) is 45.7 Å². The van der Waals surface area contributed by atoms with Crippen LogP contribution in [-0.2, 0) is 11.3 Å². The Kier molecular flexibility index (Phi) is 3.84. The normalized spacial score (nSPS) is 28.9. The molecule has 3 rings (SSSR count). The molecule has 0 bridgehead atoms. The predicted octanol–water partition coefficient (Wildman–Crippen LogP) is 1.40. The SMILES string of the molecule is Cc1nc(C)n(C[C@H]2CCCN([C@H]3CCOC3)C2)n1. The number of ether oxygens (including phenoxy) is 1. The highest BCUT2D eigenvalue weighted by Gasteiger charge is 2.28. The van der Waals surface area contributed by atoms with Crippen LogP contribution in [0.3, 0.4) is 0 Å². The molecule has 0 unspecified atom stereocenters. The zero-order valence-corrected chi connectivity index (χ0v) is 12.0. The van der Waals surface area contributed by atoms with E-state index in [0.717, 1.165) is 31.4 Å². The summed E-state index contributed by atoms with van der Waals surface area (Å²) in [6, 6.07) is 0.654. The Balaban J connectivity index is 1.60. The van der Waals surface area contributed by atoms with Gasteiger partial charge >= 0.3 is 0 Å². The number of hydrogen-bond acceptors (Lipinski definition) is 4. The number of rotatable bonds is 3. The second kappa shape index (κ2) is 5.59. The van der Waals surface area contributed by atoms with Crippen LogP contribution in [0.2, 0.25) is 0 Å². The minimum atomic E-state index is 0.654. The molecule has 5 nitrogen and oxygen atoms in total. The topological polar surface area (TPSA) is 43.2 Å². The summed E-state index contributed by atoms with van der Waals surface area (Å²) in [5.41, 5.74) is 0. The average Bonchev–Trinajstić information content (AvgIpc) is 3.01. The van der Waals surface area contributed by atoms with Crippen molar-refractivity contribution in [3.8, 4) is 0 Å². The van der Waals surface area contributed by atoms with Gasteiger partial charge in [-0.1, -0.05) is 0 Å². The summed E-state index contributed by atoms with van der Waals surface area (Å²) in [4.78, 5) is 7.02. The summed E-state index contributed by atoms with van der Waals surface area (Å²) in [5, 5.41) is 4.49. The fourth-order valence-electron chi connectivity index (χ4n) is 3.37. The number of aryl methyl sites for hydroxylation is 2. The maximum Gasteiger partial charge on any atom is 0.147 e. The van der Waals surface area contributed by atoms with Gasteiger partial charge in [0, 0.05) is 25.7 Å². The van der Waals surface area contributed by atoms with Gasteiger partial charge in [-0.2, -0.15) is 5.10 Å². The van der Waals surface area contributed by atoms with Crippen LogP contribution < -0.4 is 0 Å². The smallest absolute Gasteiger partial charge is 0.147 e. The van der Waals surface area contributed by atoms with Gasteiger partial charge in [0.05, 0.1) is 6.61 Å². The van der Waals surface area contributed by atoms with Crippen LogP contribution in [0.15, 0.2) is 0 Å². The van der Waals surface area contributed by atoms with Gasteiger partial charge in [-0.25, -0.2) is 9.67 Å². The van der Waals surface area contributed by atoms with E-state index in [1.54, 1.807) is 0 Å². The Hall–Kier alpha value is -0.940. The molecule has 0 amide bonds. The zero-order chi connectivity index (χ0) is 13.2. The molecule has 0 aliphatic carbocycles. The molecule has 2 fully saturated rings. The van der Waals surface area contributed by atoms with Gasteiger partial charge in [0.1, 0.15) is 11.6 Å². The number of aromatic nitrogens is 3. The summed E-state index contributed by atoms with van der Waals surface area (Å²) in [6.07, 6.45) is 3.81. The molecule has 3 heterocycles. The summed E-state index contributed by atoms with van der Waals surface area (Å²) in [6.45, 7) is 9.31. The lowest BCUT2D eigenvalue weighted by Crippen LogP contribution is -2.44. The van der Waals surface area contributed by atoms with Crippen molar-refractivity contribution in [3.63, 3.8) is 0 Å². The molecule has 1 aromatic rings. The highest BCUT2D eigenvalue weighted by Crippen LogP contribution is 2.23. The van der Waals surface area contributed by atoms with Crippen molar-refractivity contribution >= 4 is 0 Å². The molecule has 5 heteroatoms. The molecule has 2 atom stereocenters. The number of likely N-dealkylation sites (tertiary alicyclic amines) is 1. The largest absolute Gasteiger partial charge is 0.380 e. The van der Waals surface area contributed by atoms with E-state index >= 15 is 0 Å². The van der Waals surface area contributed by atoms with E-state index in [-0.39, 0.29) is 0 Å². The van der Waals surface area contributed by atoms with Crippen molar-refractivity contribution in [1.29, 1.82) is 0 Å². The molecule has 106 valence electrons. The summed E-state index contributed by atoms with van der Waals surface area (Å²) in [5.74, 6) is 2.63. The predicted molar refractivity (Wildman–Crippen MR) is 73.0 cm³/mol.